The summed E-state index contributed by atoms with van der Waals surface area (Å²) in [7, 11) is 1.72. The first-order valence-electron chi connectivity index (χ1n) is 11.3. The third-order valence-electron chi connectivity index (χ3n) is 5.33. The molecule has 1 aromatic rings. The van der Waals surface area contributed by atoms with E-state index < -0.39 is 5.60 Å². The number of amidine groups is 1. The molecule has 0 bridgehead atoms. The van der Waals surface area contributed by atoms with Crippen molar-refractivity contribution in [2.24, 2.45) is 20.9 Å². The van der Waals surface area contributed by atoms with Crippen LogP contribution in [0.25, 0.3) is 5.70 Å². The minimum absolute atomic E-state index is 0.0512. The van der Waals surface area contributed by atoms with Crippen LogP contribution in [-0.2, 0) is 9.47 Å². The minimum Gasteiger partial charge on any atom is -0.444 e. The van der Waals surface area contributed by atoms with Crippen molar-refractivity contribution < 1.29 is 14.3 Å². The molecule has 1 aliphatic carbocycles. The second-order valence-electron chi connectivity index (χ2n) is 9.15. The highest BCUT2D eigenvalue weighted by Gasteiger charge is 2.27. The van der Waals surface area contributed by atoms with E-state index in [1.54, 1.807) is 17.4 Å². The zero-order chi connectivity index (χ0) is 24.7. The van der Waals surface area contributed by atoms with Crippen molar-refractivity contribution in [3.05, 3.63) is 58.9 Å². The molecule has 4 N–H and O–H groups in total. The van der Waals surface area contributed by atoms with Gasteiger partial charge in [-0.15, -0.1) is 0 Å². The van der Waals surface area contributed by atoms with E-state index in [0.29, 0.717) is 31.2 Å². The lowest BCUT2D eigenvalue weighted by Gasteiger charge is -2.33. The molecule has 1 aliphatic heterocycles. The number of hydrogen-bond acceptors (Lipinski definition) is 7. The minimum atomic E-state index is -0.492. The van der Waals surface area contributed by atoms with Crippen molar-refractivity contribution in [2.45, 2.75) is 45.3 Å². The van der Waals surface area contributed by atoms with Crippen LogP contribution in [0.5, 0.6) is 0 Å². The fraction of sp³-hybridized carbons (Fsp3) is 0.440. The van der Waals surface area contributed by atoms with Crippen molar-refractivity contribution in [1.82, 2.24) is 4.90 Å². The molecule has 0 aromatic heterocycles. The summed E-state index contributed by atoms with van der Waals surface area (Å²) in [6.45, 7) is 7.16. The average Bonchev–Trinajstić information content (AvgIpc) is 3.64. The Morgan fingerprint density at radius 1 is 1.21 bits per heavy atom. The average molecular weight is 485 g/mol. The molecule has 0 spiro atoms. The lowest BCUT2D eigenvalue weighted by Crippen LogP contribution is -2.43. The summed E-state index contributed by atoms with van der Waals surface area (Å²) < 4.78 is 11.6. The van der Waals surface area contributed by atoms with Crippen LogP contribution in [0, 0.1) is 6.42 Å². The molecule has 1 heterocycles. The highest BCUT2D eigenvalue weighted by Crippen LogP contribution is 2.25. The molecular formula is C25H34N5O3S. The van der Waals surface area contributed by atoms with E-state index in [9.17, 15) is 4.79 Å². The van der Waals surface area contributed by atoms with Crippen molar-refractivity contribution in [2.75, 3.05) is 26.7 Å². The number of nitrogens with two attached hydrogens (primary N) is 2. The normalized spacial score (nSPS) is 18.1. The number of benzene rings is 1. The Morgan fingerprint density at radius 2 is 1.82 bits per heavy atom. The maximum atomic E-state index is 12.3. The van der Waals surface area contributed by atoms with Gasteiger partial charge in [0.2, 0.25) is 0 Å². The molecule has 1 radical (unpaired) electrons. The topological polar surface area (TPSA) is 116 Å². The standard InChI is InChI=1S/C25H34N5O3S/c1-25(2,3)33-24(31)30-13-11-20(12-14-30)32-15-22(28-4)29-23(19-9-10-19)18-7-5-17(6-8-18)21(26)16-34-27/h5-10,16,20H,11-15,26-27H2,1-4H3/b21-16-,28-22?,29-23?. The zero-order valence-electron chi connectivity index (χ0n) is 20.3. The molecule has 1 saturated heterocycles. The number of allylic oxidation sites excluding steroid dienone is 2. The first-order chi connectivity index (χ1) is 16.2. The van der Waals surface area contributed by atoms with Crippen LogP contribution in [0.15, 0.2) is 51.3 Å². The fourth-order valence-corrected chi connectivity index (χ4v) is 3.74. The van der Waals surface area contributed by atoms with Gasteiger partial charge in [-0.2, -0.15) is 0 Å². The maximum absolute atomic E-state index is 12.3. The number of likely N-dealkylation sites (tertiary alicyclic amines) is 1. The Labute approximate surface area is 206 Å². The molecular weight excluding hydrogens is 450 g/mol. The molecule has 183 valence electrons. The van der Waals surface area contributed by atoms with Gasteiger partial charge >= 0.3 is 6.09 Å². The summed E-state index contributed by atoms with van der Waals surface area (Å²) in [4.78, 5) is 23.1. The molecule has 1 fully saturated rings. The quantitative estimate of drug-likeness (QED) is 0.344. The Hall–Kier alpha value is -2.62. The first-order valence-corrected chi connectivity index (χ1v) is 12.3. The number of amides is 1. The van der Waals surface area contributed by atoms with Gasteiger partial charge in [0.25, 0.3) is 0 Å². The Kier molecular flexibility index (Phi) is 8.93. The third-order valence-corrected chi connectivity index (χ3v) is 5.72. The van der Waals surface area contributed by atoms with Gasteiger partial charge in [0.15, 0.2) is 0 Å². The van der Waals surface area contributed by atoms with Crippen molar-refractivity contribution in [1.29, 1.82) is 0 Å². The van der Waals surface area contributed by atoms with Crippen LogP contribution >= 0.6 is 11.9 Å². The predicted molar refractivity (Wildman–Crippen MR) is 139 cm³/mol. The van der Waals surface area contributed by atoms with E-state index in [-0.39, 0.29) is 12.2 Å². The lowest BCUT2D eigenvalue weighted by atomic mass is 10.0. The van der Waals surface area contributed by atoms with Gasteiger partial charge < -0.3 is 20.1 Å². The largest absolute Gasteiger partial charge is 0.444 e. The van der Waals surface area contributed by atoms with Crippen molar-refractivity contribution in [3.8, 4) is 0 Å². The summed E-state index contributed by atoms with van der Waals surface area (Å²) in [6, 6.07) is 7.88. The number of rotatable bonds is 7. The number of piperidine rings is 1. The van der Waals surface area contributed by atoms with Crippen LogP contribution in [0.3, 0.4) is 0 Å². The molecule has 34 heavy (non-hydrogen) atoms. The van der Waals surface area contributed by atoms with E-state index in [1.807, 2.05) is 57.5 Å². The highest BCUT2D eigenvalue weighted by molar-refractivity contribution is 8.00. The number of aliphatic imine (C=N–C) groups is 2. The van der Waals surface area contributed by atoms with Crippen molar-refractivity contribution >= 4 is 35.3 Å². The molecule has 0 unspecified atom stereocenters. The summed E-state index contributed by atoms with van der Waals surface area (Å²) in [5.74, 6) is 0.619. The predicted octanol–water partition coefficient (Wildman–Crippen LogP) is 3.93. The molecule has 2 aliphatic rings. The summed E-state index contributed by atoms with van der Waals surface area (Å²) >= 11 is 1.08. The van der Waals surface area contributed by atoms with Crippen LogP contribution in [0.1, 0.15) is 44.7 Å². The Morgan fingerprint density at radius 3 is 2.35 bits per heavy atom. The van der Waals surface area contributed by atoms with Gasteiger partial charge in [-0.3, -0.25) is 10.1 Å². The molecule has 8 nitrogen and oxygen atoms in total. The monoisotopic (exact) mass is 484 g/mol. The van der Waals surface area contributed by atoms with E-state index in [1.165, 1.54) is 0 Å². The smallest absolute Gasteiger partial charge is 0.410 e. The van der Waals surface area contributed by atoms with Crippen LogP contribution in [-0.4, -0.2) is 61.0 Å². The first kappa shape index (κ1) is 26.0. The maximum Gasteiger partial charge on any atom is 0.410 e. The molecule has 1 amide bonds. The van der Waals surface area contributed by atoms with Crippen LogP contribution in [0.4, 0.5) is 4.79 Å². The Balaban J connectivity index is 1.58. The van der Waals surface area contributed by atoms with Crippen LogP contribution in [0.2, 0.25) is 0 Å². The second-order valence-corrected chi connectivity index (χ2v) is 9.66. The van der Waals surface area contributed by atoms with E-state index in [4.69, 9.17) is 25.3 Å². The summed E-state index contributed by atoms with van der Waals surface area (Å²) in [5.41, 5.74) is 9.95. The number of hydrogen-bond donors (Lipinski definition) is 2. The third kappa shape index (κ3) is 7.72. The lowest BCUT2D eigenvalue weighted by molar-refractivity contribution is -0.00292. The van der Waals surface area contributed by atoms with E-state index in [0.717, 1.165) is 47.2 Å². The molecule has 3 rings (SSSR count). The Bertz CT molecular complexity index is 985. The molecule has 0 saturated carbocycles. The van der Waals surface area contributed by atoms with Gasteiger partial charge in [0.05, 0.1) is 11.8 Å². The second kappa shape index (κ2) is 11.7. The SMILES string of the molecule is CN=C(COC1CCN(C(=O)OC(C)(C)C)CC1)N=C(C1=C[CH]1)c1ccc(/C(N)=C/SN)cc1. The van der Waals surface area contributed by atoms with Gasteiger partial charge in [-0.1, -0.05) is 42.3 Å². The number of ether oxygens (including phenoxy) is 2. The van der Waals surface area contributed by atoms with Crippen molar-refractivity contribution in [3.63, 3.8) is 0 Å². The van der Waals surface area contributed by atoms with E-state index in [2.05, 4.69) is 4.99 Å². The summed E-state index contributed by atoms with van der Waals surface area (Å²) in [5, 5.41) is 7.18. The highest BCUT2D eigenvalue weighted by atomic mass is 32.2. The zero-order valence-corrected chi connectivity index (χ0v) is 21.1. The molecule has 9 heteroatoms. The van der Waals surface area contributed by atoms with Gasteiger partial charge in [0, 0.05) is 43.2 Å². The van der Waals surface area contributed by atoms with Gasteiger partial charge in [-0.05, 0) is 44.7 Å². The van der Waals surface area contributed by atoms with Gasteiger partial charge in [-0.25, -0.2) is 9.79 Å². The fourth-order valence-electron chi connectivity index (χ4n) is 3.46. The molecule has 0 atom stereocenters. The number of nitrogens with zero attached hydrogens (tertiary/aromatic N) is 3. The van der Waals surface area contributed by atoms with Gasteiger partial charge in [0.1, 0.15) is 18.0 Å². The number of carbonyl (C=O) groups is 1. The van der Waals surface area contributed by atoms with Crippen LogP contribution < -0.4 is 10.9 Å². The summed E-state index contributed by atoms with van der Waals surface area (Å²) in [6.07, 6.45) is 5.33. The molecule has 1 aromatic carbocycles. The number of carbonyl (C=O) groups excluding carboxylic acids is 1. The van der Waals surface area contributed by atoms with E-state index >= 15 is 0 Å².